The molecule has 0 aliphatic carbocycles. The van der Waals surface area contributed by atoms with Gasteiger partial charge < -0.3 is 9.52 Å². The molecule has 0 aliphatic heterocycles. The van der Waals surface area contributed by atoms with Crippen LogP contribution in [0.15, 0.2) is 39.6 Å². The lowest BCUT2D eigenvalue weighted by atomic mass is 10.2. The Labute approximate surface area is 120 Å². The summed E-state index contributed by atoms with van der Waals surface area (Å²) < 4.78 is 45.1. The molecule has 2 rings (SSSR count). The zero-order chi connectivity index (χ0) is 15.6. The average Bonchev–Trinajstić information content (AvgIpc) is 2.82. The summed E-state index contributed by atoms with van der Waals surface area (Å²) in [6.07, 6.45) is 0. The number of carbonyl (C=O) groups is 1. The minimum absolute atomic E-state index is 0.129. The van der Waals surface area contributed by atoms with Crippen molar-refractivity contribution in [2.45, 2.75) is 18.4 Å². The van der Waals surface area contributed by atoms with Crippen molar-refractivity contribution in [3.63, 3.8) is 0 Å². The van der Waals surface area contributed by atoms with Crippen molar-refractivity contribution in [3.8, 4) is 0 Å². The van der Waals surface area contributed by atoms with E-state index in [1.54, 1.807) is 19.1 Å². The number of aryl methyl sites for hydroxylation is 1. The van der Waals surface area contributed by atoms with E-state index in [1.807, 2.05) is 0 Å². The van der Waals surface area contributed by atoms with Crippen LogP contribution in [0.4, 0.5) is 4.39 Å². The van der Waals surface area contributed by atoms with E-state index in [9.17, 15) is 17.6 Å². The summed E-state index contributed by atoms with van der Waals surface area (Å²) in [5.74, 6) is -1.45. The normalized spacial score (nSPS) is 11.5. The molecule has 0 fully saturated rings. The highest BCUT2D eigenvalue weighted by Crippen LogP contribution is 2.17. The lowest BCUT2D eigenvalue weighted by molar-refractivity contribution is 0.0696. The van der Waals surface area contributed by atoms with Crippen LogP contribution in [-0.4, -0.2) is 19.5 Å². The molecule has 0 aliphatic rings. The number of carboxylic acid groups (broad SMARTS) is 1. The summed E-state index contributed by atoms with van der Waals surface area (Å²) in [6.45, 7) is 1.58. The van der Waals surface area contributed by atoms with Crippen molar-refractivity contribution in [2.24, 2.45) is 0 Å². The van der Waals surface area contributed by atoms with Gasteiger partial charge in [0.15, 0.2) is 0 Å². The molecule has 2 aromatic rings. The maximum Gasteiger partial charge on any atom is 0.335 e. The summed E-state index contributed by atoms with van der Waals surface area (Å²) >= 11 is 0. The first-order valence-corrected chi connectivity index (χ1v) is 7.36. The number of halogens is 1. The van der Waals surface area contributed by atoms with Crippen LogP contribution >= 0.6 is 0 Å². The molecule has 21 heavy (non-hydrogen) atoms. The number of aromatic carboxylic acids is 1. The summed E-state index contributed by atoms with van der Waals surface area (Å²) in [5, 5.41) is 8.71. The van der Waals surface area contributed by atoms with Gasteiger partial charge in [-0.25, -0.2) is 22.3 Å². The van der Waals surface area contributed by atoms with Gasteiger partial charge in [0.05, 0.1) is 12.1 Å². The van der Waals surface area contributed by atoms with Crippen LogP contribution in [0.25, 0.3) is 0 Å². The Balaban J connectivity index is 2.21. The van der Waals surface area contributed by atoms with E-state index in [0.29, 0.717) is 17.6 Å². The maximum atomic E-state index is 13.7. The van der Waals surface area contributed by atoms with Gasteiger partial charge in [-0.3, -0.25) is 0 Å². The van der Waals surface area contributed by atoms with Crippen molar-refractivity contribution in [2.75, 3.05) is 0 Å². The van der Waals surface area contributed by atoms with E-state index in [1.165, 1.54) is 0 Å². The number of nitrogens with one attached hydrogen (secondary N) is 1. The molecule has 112 valence electrons. The van der Waals surface area contributed by atoms with Crippen LogP contribution in [-0.2, 0) is 16.6 Å². The Morgan fingerprint density at radius 2 is 2.05 bits per heavy atom. The van der Waals surface area contributed by atoms with E-state index in [0.717, 1.165) is 12.1 Å². The average molecular weight is 313 g/mol. The second-order valence-corrected chi connectivity index (χ2v) is 6.02. The number of benzene rings is 1. The molecule has 0 radical (unpaired) electrons. The molecule has 1 heterocycles. The number of furan rings is 1. The molecule has 2 N–H and O–H groups in total. The molecule has 0 saturated heterocycles. The Bertz CT molecular complexity index is 782. The van der Waals surface area contributed by atoms with E-state index in [4.69, 9.17) is 9.52 Å². The van der Waals surface area contributed by atoms with Gasteiger partial charge in [-0.15, -0.1) is 0 Å². The molecule has 0 amide bonds. The van der Waals surface area contributed by atoms with E-state index in [2.05, 4.69) is 4.72 Å². The second kappa shape index (κ2) is 5.66. The molecule has 0 atom stereocenters. The van der Waals surface area contributed by atoms with Gasteiger partial charge in [-0.1, -0.05) is 0 Å². The van der Waals surface area contributed by atoms with Gasteiger partial charge in [0.2, 0.25) is 10.0 Å². The maximum absolute atomic E-state index is 13.7. The monoisotopic (exact) mass is 313 g/mol. The van der Waals surface area contributed by atoms with Crippen molar-refractivity contribution >= 4 is 16.0 Å². The smallest absolute Gasteiger partial charge is 0.335 e. The zero-order valence-corrected chi connectivity index (χ0v) is 11.8. The molecule has 0 saturated carbocycles. The predicted molar refractivity (Wildman–Crippen MR) is 70.8 cm³/mol. The Kier molecular flexibility index (Phi) is 4.10. The summed E-state index contributed by atoms with van der Waals surface area (Å²) in [4.78, 5) is 10.1. The fraction of sp³-hybridized carbons (Fsp3) is 0.154. The molecule has 0 unspecified atom stereocenters. The number of carboxylic acids is 1. The number of sulfonamides is 1. The van der Waals surface area contributed by atoms with Crippen molar-refractivity contribution < 1.29 is 27.1 Å². The Morgan fingerprint density at radius 3 is 2.57 bits per heavy atom. The van der Waals surface area contributed by atoms with Gasteiger partial charge in [0, 0.05) is 0 Å². The largest absolute Gasteiger partial charge is 0.478 e. The van der Waals surface area contributed by atoms with E-state index < -0.39 is 26.7 Å². The Morgan fingerprint density at radius 1 is 1.33 bits per heavy atom. The van der Waals surface area contributed by atoms with Crippen LogP contribution < -0.4 is 4.72 Å². The molecule has 0 spiro atoms. The van der Waals surface area contributed by atoms with Gasteiger partial charge in [-0.2, -0.15) is 0 Å². The van der Waals surface area contributed by atoms with Crippen LogP contribution in [0.5, 0.6) is 0 Å². The first-order valence-electron chi connectivity index (χ1n) is 5.87. The lowest BCUT2D eigenvalue weighted by Gasteiger charge is -2.07. The molecule has 0 bridgehead atoms. The molecule has 6 nitrogen and oxygen atoms in total. The quantitative estimate of drug-likeness (QED) is 0.879. The van der Waals surface area contributed by atoms with Gasteiger partial charge in [-0.05, 0) is 37.3 Å². The fourth-order valence-electron chi connectivity index (χ4n) is 1.68. The van der Waals surface area contributed by atoms with Crippen molar-refractivity contribution in [1.29, 1.82) is 0 Å². The van der Waals surface area contributed by atoms with Crippen molar-refractivity contribution in [3.05, 3.63) is 53.2 Å². The lowest BCUT2D eigenvalue weighted by Crippen LogP contribution is -2.24. The first kappa shape index (κ1) is 15.2. The SMILES string of the molecule is Cc1ccc(CNS(=O)(=O)c2ccc(C(=O)O)cc2F)o1. The van der Waals surface area contributed by atoms with E-state index in [-0.39, 0.29) is 12.1 Å². The molecule has 1 aromatic heterocycles. The number of rotatable bonds is 5. The number of hydrogen-bond acceptors (Lipinski definition) is 4. The highest BCUT2D eigenvalue weighted by atomic mass is 32.2. The zero-order valence-electron chi connectivity index (χ0n) is 11.0. The highest BCUT2D eigenvalue weighted by molar-refractivity contribution is 7.89. The number of hydrogen-bond donors (Lipinski definition) is 2. The highest BCUT2D eigenvalue weighted by Gasteiger charge is 2.20. The third-order valence-electron chi connectivity index (χ3n) is 2.70. The minimum atomic E-state index is -4.10. The predicted octanol–water partition coefficient (Wildman–Crippen LogP) is 1.90. The summed E-state index contributed by atoms with van der Waals surface area (Å²) in [5.41, 5.74) is -0.326. The van der Waals surface area contributed by atoms with Crippen LogP contribution in [0.3, 0.4) is 0 Å². The fourth-order valence-corrected chi connectivity index (χ4v) is 2.73. The first-order chi connectivity index (χ1) is 9.79. The van der Waals surface area contributed by atoms with Crippen molar-refractivity contribution in [1.82, 2.24) is 4.72 Å². The van der Waals surface area contributed by atoms with Gasteiger partial charge in [0.1, 0.15) is 22.2 Å². The molecular weight excluding hydrogens is 301 g/mol. The third-order valence-corrected chi connectivity index (χ3v) is 4.14. The van der Waals surface area contributed by atoms with Crippen LogP contribution in [0, 0.1) is 12.7 Å². The molecule has 1 aromatic carbocycles. The van der Waals surface area contributed by atoms with Crippen LogP contribution in [0.2, 0.25) is 0 Å². The summed E-state index contributed by atoms with van der Waals surface area (Å²) in [7, 11) is -4.10. The minimum Gasteiger partial charge on any atom is -0.478 e. The summed E-state index contributed by atoms with van der Waals surface area (Å²) in [6, 6.07) is 5.87. The van der Waals surface area contributed by atoms with Crippen LogP contribution in [0.1, 0.15) is 21.9 Å². The van der Waals surface area contributed by atoms with Gasteiger partial charge in [0.25, 0.3) is 0 Å². The third kappa shape index (κ3) is 3.47. The molecule has 8 heteroatoms. The Hall–Kier alpha value is -2.19. The van der Waals surface area contributed by atoms with Gasteiger partial charge >= 0.3 is 5.97 Å². The standard InChI is InChI=1S/C13H12FNO5S/c1-8-2-4-10(20-8)7-15-21(18,19)12-5-3-9(13(16)17)6-11(12)14/h2-6,15H,7H2,1H3,(H,16,17). The second-order valence-electron chi connectivity index (χ2n) is 4.29. The van der Waals surface area contributed by atoms with E-state index >= 15 is 0 Å². The molecular formula is C13H12FNO5S. The topological polar surface area (TPSA) is 96.6 Å².